The van der Waals surface area contributed by atoms with Gasteiger partial charge in [0.25, 0.3) is 0 Å². The number of unbranched alkanes of at least 4 members (excludes halogenated alkanes) is 28. The van der Waals surface area contributed by atoms with Gasteiger partial charge in [-0.3, -0.25) is 37.3 Å². The molecule has 0 aromatic rings. The highest BCUT2D eigenvalue weighted by molar-refractivity contribution is 7.47. The molecule has 3 N–H and O–H groups in total. The normalized spacial score (nSPS) is 14.5. The molecule has 0 aromatic carbocycles. The smallest absolute Gasteiger partial charge is 0.462 e. The van der Waals surface area contributed by atoms with Gasteiger partial charge in [0.15, 0.2) is 12.2 Å². The first-order chi connectivity index (χ1) is 46.7. The van der Waals surface area contributed by atoms with Crippen LogP contribution in [0.3, 0.4) is 0 Å². The summed E-state index contributed by atoms with van der Waals surface area (Å²) in [6.45, 7) is 4.63. The minimum absolute atomic E-state index is 0.0695. The van der Waals surface area contributed by atoms with Gasteiger partial charge in [-0.1, -0.05) is 253 Å². The molecule has 19 heteroatoms. The van der Waals surface area contributed by atoms with E-state index in [0.29, 0.717) is 25.7 Å². The Morgan fingerprint density at radius 1 is 0.302 bits per heavy atom. The summed E-state index contributed by atoms with van der Waals surface area (Å²) in [7, 11) is -9.96. The molecule has 0 bridgehead atoms. The predicted octanol–water partition coefficient (Wildman–Crippen LogP) is 21.2. The number of aliphatic hydroxyl groups excluding tert-OH is 1. The number of aliphatic hydroxyl groups is 1. The Balaban J connectivity index is 5.37. The third-order valence-electron chi connectivity index (χ3n) is 15.5. The Labute approximate surface area is 582 Å². The quantitative estimate of drug-likeness (QED) is 0.0169. The van der Waals surface area contributed by atoms with Crippen LogP contribution < -0.4 is 0 Å². The van der Waals surface area contributed by atoms with E-state index in [4.69, 9.17) is 37.0 Å². The number of allylic oxidation sites excluding steroid dienone is 16. The molecule has 0 amide bonds. The summed E-state index contributed by atoms with van der Waals surface area (Å²) in [4.78, 5) is 72.7. The summed E-state index contributed by atoms with van der Waals surface area (Å²) in [5.74, 6) is -2.24. The molecule has 0 aliphatic carbocycles. The molecule has 0 aromatic heterocycles. The highest BCUT2D eigenvalue weighted by atomic mass is 31.2. The second kappa shape index (κ2) is 69.5. The number of rotatable bonds is 70. The summed E-state index contributed by atoms with van der Waals surface area (Å²) < 4.78 is 68.3. The molecule has 0 radical (unpaired) electrons. The van der Waals surface area contributed by atoms with Crippen molar-refractivity contribution in [1.29, 1.82) is 0 Å². The Morgan fingerprint density at radius 2 is 0.542 bits per heavy atom. The number of carbonyl (C=O) groups excluding carboxylic acids is 4. The van der Waals surface area contributed by atoms with E-state index in [2.05, 4.69) is 125 Å². The van der Waals surface area contributed by atoms with Gasteiger partial charge in [0, 0.05) is 25.7 Å². The van der Waals surface area contributed by atoms with E-state index in [9.17, 15) is 43.2 Å². The summed E-state index contributed by atoms with van der Waals surface area (Å²) in [6, 6.07) is 0. The van der Waals surface area contributed by atoms with Crippen LogP contribution in [0.2, 0.25) is 0 Å². The van der Waals surface area contributed by atoms with Crippen molar-refractivity contribution in [3.63, 3.8) is 0 Å². The largest absolute Gasteiger partial charge is 0.472 e. The Morgan fingerprint density at radius 3 is 0.875 bits per heavy atom. The maximum Gasteiger partial charge on any atom is 0.472 e. The average Bonchev–Trinajstić information content (AvgIpc) is 1.09. The number of carbonyl (C=O) groups is 4. The van der Waals surface area contributed by atoms with Gasteiger partial charge in [-0.2, -0.15) is 0 Å². The maximum atomic E-state index is 13.1. The zero-order valence-electron chi connectivity index (χ0n) is 60.3. The van der Waals surface area contributed by atoms with Crippen LogP contribution in [0.1, 0.15) is 310 Å². The van der Waals surface area contributed by atoms with Crippen LogP contribution in [0.15, 0.2) is 97.2 Å². The average molecular weight is 1390 g/mol. The first kappa shape index (κ1) is 92.0. The molecule has 0 heterocycles. The predicted molar refractivity (Wildman–Crippen MR) is 390 cm³/mol. The molecular weight excluding hydrogens is 1260 g/mol. The molecule has 0 rings (SSSR count). The van der Waals surface area contributed by atoms with E-state index in [1.807, 2.05) is 0 Å². The topological polar surface area (TPSA) is 237 Å². The van der Waals surface area contributed by atoms with Crippen molar-refractivity contribution in [2.75, 3.05) is 39.6 Å². The van der Waals surface area contributed by atoms with E-state index in [1.165, 1.54) is 77.0 Å². The molecule has 0 aliphatic rings. The van der Waals surface area contributed by atoms with Crippen molar-refractivity contribution in [3.8, 4) is 0 Å². The van der Waals surface area contributed by atoms with Crippen LogP contribution >= 0.6 is 15.6 Å². The van der Waals surface area contributed by atoms with Crippen LogP contribution in [-0.4, -0.2) is 96.7 Å². The lowest BCUT2D eigenvalue weighted by molar-refractivity contribution is -0.161. The van der Waals surface area contributed by atoms with Crippen molar-refractivity contribution < 1.29 is 80.2 Å². The summed E-state index contributed by atoms with van der Waals surface area (Å²) >= 11 is 0. The summed E-state index contributed by atoms with van der Waals surface area (Å²) in [5, 5.41) is 10.6. The van der Waals surface area contributed by atoms with Gasteiger partial charge < -0.3 is 33.8 Å². The second-order valence-electron chi connectivity index (χ2n) is 24.9. The van der Waals surface area contributed by atoms with Crippen LogP contribution in [0.4, 0.5) is 0 Å². The van der Waals surface area contributed by atoms with Crippen molar-refractivity contribution in [2.45, 2.75) is 329 Å². The van der Waals surface area contributed by atoms with Gasteiger partial charge >= 0.3 is 39.5 Å². The van der Waals surface area contributed by atoms with Gasteiger partial charge in [0.1, 0.15) is 19.3 Å². The lowest BCUT2D eigenvalue weighted by Gasteiger charge is -2.21. The SMILES string of the molecule is CC/C=C\C/C=C\C/C=C\C/C=C\CCCCC(=O)OCC(COP(=O)(O)OCC(O)COP(=O)(O)OCC(COC(=O)CCCCCCC/C=C\C/C=C\CCCCC)OC(=O)CCCCCCCCCCCCC)OC(=O)CCCCCCC/C=C\C/C=C\CCCCC. The summed E-state index contributed by atoms with van der Waals surface area (Å²) in [6.07, 6.45) is 71.2. The molecule has 0 saturated heterocycles. The number of esters is 4. The molecule has 17 nitrogen and oxygen atoms in total. The lowest BCUT2D eigenvalue weighted by Crippen LogP contribution is -2.30. The van der Waals surface area contributed by atoms with E-state index < -0.39 is 97.5 Å². The highest BCUT2D eigenvalue weighted by Gasteiger charge is 2.30. The fourth-order valence-corrected chi connectivity index (χ4v) is 11.4. The van der Waals surface area contributed by atoms with Gasteiger partial charge in [0.05, 0.1) is 26.4 Å². The third-order valence-corrected chi connectivity index (χ3v) is 17.4. The maximum absolute atomic E-state index is 13.1. The van der Waals surface area contributed by atoms with E-state index >= 15 is 0 Å². The highest BCUT2D eigenvalue weighted by Crippen LogP contribution is 2.45. The molecule has 5 unspecified atom stereocenters. The van der Waals surface area contributed by atoms with Crippen molar-refractivity contribution in [2.24, 2.45) is 0 Å². The lowest BCUT2D eigenvalue weighted by atomic mass is 10.1. The monoisotopic (exact) mass is 1390 g/mol. The molecule has 0 fully saturated rings. The van der Waals surface area contributed by atoms with Gasteiger partial charge in [-0.15, -0.1) is 0 Å². The first-order valence-corrected chi connectivity index (χ1v) is 40.5. The van der Waals surface area contributed by atoms with Gasteiger partial charge in [-0.05, 0) is 128 Å². The molecular formula is C77H134O17P2. The summed E-state index contributed by atoms with van der Waals surface area (Å²) in [5.41, 5.74) is 0. The van der Waals surface area contributed by atoms with E-state index in [-0.39, 0.29) is 25.7 Å². The standard InChI is InChI=1S/C77H134O17P2/c1-5-9-13-17-21-25-29-32-35-38-42-45-49-53-57-61-74(79)87-67-72(93-76(81)63-59-55-51-47-41-28-24-20-16-12-8-4)69-91-95(83,84)89-65-71(78)66-90-96(85,86)92-70-73(94-77(82)64-60-56-52-48-44-40-37-34-31-27-23-19-15-11-7-3)68-88-75(80)62-58-54-50-46-43-39-36-33-30-26-22-18-14-10-6-2/h10,14,21-23,25-27,32-37,43,46,71-73,78H,5-9,11-13,15-20,24,28-31,38-42,44-45,47-70H2,1-4H3,(H,83,84)(H,85,86)/b14-10-,25-21-,26-22-,27-23-,35-32-,36-33-,37-34-,46-43-. The molecule has 0 aliphatic heterocycles. The molecule has 0 saturated carbocycles. The Kier molecular flexibility index (Phi) is 66.6. The van der Waals surface area contributed by atoms with Crippen LogP contribution in [-0.2, 0) is 65.4 Å². The minimum Gasteiger partial charge on any atom is -0.462 e. The molecule has 0 spiro atoms. The number of hydrogen-bond donors (Lipinski definition) is 3. The Bertz CT molecular complexity index is 2200. The second-order valence-corrected chi connectivity index (χ2v) is 27.8. The third kappa shape index (κ3) is 68.5. The van der Waals surface area contributed by atoms with Crippen molar-refractivity contribution in [3.05, 3.63) is 97.2 Å². The van der Waals surface area contributed by atoms with Gasteiger partial charge in [-0.25, -0.2) is 9.13 Å². The number of phosphoric ester groups is 2. The first-order valence-electron chi connectivity index (χ1n) is 37.5. The van der Waals surface area contributed by atoms with Crippen molar-refractivity contribution in [1.82, 2.24) is 0 Å². The zero-order chi connectivity index (χ0) is 70.4. The van der Waals surface area contributed by atoms with Crippen LogP contribution in [0.25, 0.3) is 0 Å². The van der Waals surface area contributed by atoms with E-state index in [0.717, 1.165) is 154 Å². The van der Waals surface area contributed by atoms with E-state index in [1.54, 1.807) is 0 Å². The molecule has 5 atom stereocenters. The molecule has 554 valence electrons. The van der Waals surface area contributed by atoms with Crippen LogP contribution in [0, 0.1) is 0 Å². The zero-order valence-corrected chi connectivity index (χ0v) is 62.1. The molecule has 96 heavy (non-hydrogen) atoms. The Hall–Kier alpha value is -4.02. The van der Waals surface area contributed by atoms with Gasteiger partial charge in [0.2, 0.25) is 0 Å². The fourth-order valence-electron chi connectivity index (χ4n) is 9.80. The fraction of sp³-hybridized carbons (Fsp3) is 0.740. The van der Waals surface area contributed by atoms with Crippen molar-refractivity contribution >= 4 is 39.5 Å². The number of ether oxygens (including phenoxy) is 4. The number of hydrogen-bond acceptors (Lipinski definition) is 15. The number of phosphoric acid groups is 2. The minimum atomic E-state index is -4.98. The van der Waals surface area contributed by atoms with Crippen LogP contribution in [0.5, 0.6) is 0 Å².